The fourth-order valence-corrected chi connectivity index (χ4v) is 3.98. The lowest BCUT2D eigenvalue weighted by molar-refractivity contribution is 0.0726. The third kappa shape index (κ3) is 4.61. The van der Waals surface area contributed by atoms with E-state index in [1.807, 2.05) is 66.4 Å². The number of likely N-dealkylation sites (N-methyl/N-ethyl adjacent to an activating group) is 1. The lowest BCUT2D eigenvalue weighted by Gasteiger charge is -2.26. The number of amides is 2. The van der Waals surface area contributed by atoms with Crippen molar-refractivity contribution in [2.24, 2.45) is 0 Å². The highest BCUT2D eigenvalue weighted by Gasteiger charge is 2.22. The summed E-state index contributed by atoms with van der Waals surface area (Å²) in [6.45, 7) is 2.99. The number of hydrogen-bond donors (Lipinski definition) is 1. The van der Waals surface area contributed by atoms with E-state index in [2.05, 4.69) is 10.4 Å². The molecule has 31 heavy (non-hydrogen) atoms. The molecule has 1 N–H and O–H groups in total. The molecule has 0 aliphatic carbocycles. The summed E-state index contributed by atoms with van der Waals surface area (Å²) in [5.74, 6) is -0.0572. The van der Waals surface area contributed by atoms with Crippen LogP contribution in [0.4, 0.5) is 0 Å². The number of carbonyl (C=O) groups excluding carboxylic acids is 2. The van der Waals surface area contributed by atoms with Gasteiger partial charge in [0.2, 0.25) is 0 Å². The van der Waals surface area contributed by atoms with Crippen molar-refractivity contribution in [3.63, 3.8) is 0 Å². The summed E-state index contributed by atoms with van der Waals surface area (Å²) >= 11 is 0. The highest BCUT2D eigenvalue weighted by molar-refractivity contribution is 6.01. The van der Waals surface area contributed by atoms with Gasteiger partial charge in [-0.1, -0.05) is 18.2 Å². The molecule has 0 atom stereocenters. The van der Waals surface area contributed by atoms with Crippen LogP contribution in [0.1, 0.15) is 40.0 Å². The SMILES string of the molecule is CN(C)CCNC(=O)c1cccc(-c2cccc3c(C(=O)N4CCCCC4)cnn23)c1. The van der Waals surface area contributed by atoms with Gasteiger partial charge in [0.25, 0.3) is 11.8 Å². The molecule has 1 saturated heterocycles. The Morgan fingerprint density at radius 2 is 1.84 bits per heavy atom. The van der Waals surface area contributed by atoms with Crippen LogP contribution in [0.2, 0.25) is 0 Å². The number of nitrogens with zero attached hydrogens (tertiary/aromatic N) is 4. The zero-order valence-corrected chi connectivity index (χ0v) is 18.2. The van der Waals surface area contributed by atoms with E-state index in [-0.39, 0.29) is 11.8 Å². The van der Waals surface area contributed by atoms with Crippen LogP contribution in [0.25, 0.3) is 16.8 Å². The molecule has 1 aliphatic heterocycles. The Balaban J connectivity index is 1.61. The summed E-state index contributed by atoms with van der Waals surface area (Å²) in [6.07, 6.45) is 4.95. The maximum Gasteiger partial charge on any atom is 0.257 e. The van der Waals surface area contributed by atoms with E-state index in [4.69, 9.17) is 0 Å². The number of benzene rings is 1. The first-order chi connectivity index (χ1) is 15.0. The standard InChI is InChI=1S/C24H29N5O2/c1-27(2)15-12-25-23(30)19-9-6-8-18(16-19)21-10-7-11-22-20(17-26-29(21)22)24(31)28-13-4-3-5-14-28/h6-11,16-17H,3-5,12-15H2,1-2H3,(H,25,30). The molecular formula is C24H29N5O2. The van der Waals surface area contributed by atoms with Crippen molar-refractivity contribution in [2.45, 2.75) is 19.3 Å². The number of pyridine rings is 1. The van der Waals surface area contributed by atoms with Crippen LogP contribution in [-0.2, 0) is 0 Å². The van der Waals surface area contributed by atoms with Gasteiger partial charge in [-0.2, -0.15) is 5.10 Å². The van der Waals surface area contributed by atoms with Crippen LogP contribution in [0.15, 0.2) is 48.7 Å². The molecule has 1 fully saturated rings. The summed E-state index contributed by atoms with van der Waals surface area (Å²) in [6, 6.07) is 13.3. The van der Waals surface area contributed by atoms with Gasteiger partial charge in [0.15, 0.2) is 0 Å². The van der Waals surface area contributed by atoms with Crippen molar-refractivity contribution in [3.05, 3.63) is 59.8 Å². The molecule has 4 rings (SSSR count). The van der Waals surface area contributed by atoms with E-state index in [9.17, 15) is 9.59 Å². The minimum atomic E-state index is -0.0997. The van der Waals surface area contributed by atoms with Crippen LogP contribution in [0.3, 0.4) is 0 Å². The van der Waals surface area contributed by atoms with Gasteiger partial charge in [0.05, 0.1) is 23.0 Å². The predicted octanol–water partition coefficient (Wildman–Crippen LogP) is 2.92. The third-order valence-corrected chi connectivity index (χ3v) is 5.68. The molecule has 0 spiro atoms. The molecule has 0 bridgehead atoms. The number of hydrogen-bond acceptors (Lipinski definition) is 4. The van der Waals surface area contributed by atoms with Gasteiger partial charge in [0.1, 0.15) is 0 Å². The van der Waals surface area contributed by atoms with Crippen LogP contribution < -0.4 is 5.32 Å². The lowest BCUT2D eigenvalue weighted by atomic mass is 10.1. The number of aromatic nitrogens is 2. The van der Waals surface area contributed by atoms with Gasteiger partial charge in [0, 0.05) is 37.3 Å². The van der Waals surface area contributed by atoms with E-state index in [1.54, 1.807) is 10.7 Å². The number of fused-ring (bicyclic) bond motifs is 1. The van der Waals surface area contributed by atoms with Gasteiger partial charge in [-0.3, -0.25) is 9.59 Å². The van der Waals surface area contributed by atoms with Crippen molar-refractivity contribution in [3.8, 4) is 11.3 Å². The Hall–Kier alpha value is -3.19. The van der Waals surface area contributed by atoms with Crippen molar-refractivity contribution in [1.82, 2.24) is 24.7 Å². The van der Waals surface area contributed by atoms with E-state index in [0.29, 0.717) is 17.7 Å². The summed E-state index contributed by atoms with van der Waals surface area (Å²) < 4.78 is 1.79. The zero-order chi connectivity index (χ0) is 21.8. The predicted molar refractivity (Wildman–Crippen MR) is 121 cm³/mol. The Labute approximate surface area is 182 Å². The van der Waals surface area contributed by atoms with Crippen LogP contribution in [-0.4, -0.2) is 71.5 Å². The minimum absolute atomic E-state index is 0.0425. The quantitative estimate of drug-likeness (QED) is 0.667. The second-order valence-corrected chi connectivity index (χ2v) is 8.26. The molecule has 7 heteroatoms. The molecule has 3 heterocycles. The normalized spacial score (nSPS) is 14.2. The average Bonchev–Trinajstić information content (AvgIpc) is 3.23. The molecule has 7 nitrogen and oxygen atoms in total. The van der Waals surface area contributed by atoms with Crippen molar-refractivity contribution in [2.75, 3.05) is 40.3 Å². The highest BCUT2D eigenvalue weighted by Crippen LogP contribution is 2.24. The summed E-state index contributed by atoms with van der Waals surface area (Å²) in [7, 11) is 3.95. The van der Waals surface area contributed by atoms with Crippen LogP contribution in [0, 0.1) is 0 Å². The van der Waals surface area contributed by atoms with Gasteiger partial charge in [-0.05, 0) is 57.6 Å². The molecule has 0 radical (unpaired) electrons. The third-order valence-electron chi connectivity index (χ3n) is 5.68. The Morgan fingerprint density at radius 3 is 2.61 bits per heavy atom. The zero-order valence-electron chi connectivity index (χ0n) is 18.2. The largest absolute Gasteiger partial charge is 0.351 e. The summed E-state index contributed by atoms with van der Waals surface area (Å²) in [5, 5.41) is 7.47. The average molecular weight is 420 g/mol. The summed E-state index contributed by atoms with van der Waals surface area (Å²) in [5.41, 5.74) is 3.74. The molecule has 0 saturated carbocycles. The number of piperidine rings is 1. The number of rotatable bonds is 6. The molecule has 2 amide bonds. The first kappa shape index (κ1) is 21.1. The lowest BCUT2D eigenvalue weighted by Crippen LogP contribution is -2.35. The molecule has 1 aliphatic rings. The molecular weight excluding hydrogens is 390 g/mol. The van der Waals surface area contributed by atoms with Gasteiger partial charge in [-0.25, -0.2) is 4.52 Å². The van der Waals surface area contributed by atoms with E-state index < -0.39 is 0 Å². The monoisotopic (exact) mass is 419 g/mol. The first-order valence-corrected chi connectivity index (χ1v) is 10.8. The van der Waals surface area contributed by atoms with Crippen molar-refractivity contribution in [1.29, 1.82) is 0 Å². The maximum atomic E-state index is 13.0. The fraction of sp³-hybridized carbons (Fsp3) is 0.375. The Kier molecular flexibility index (Phi) is 6.32. The number of nitrogens with one attached hydrogen (secondary N) is 1. The second kappa shape index (κ2) is 9.31. The van der Waals surface area contributed by atoms with Crippen molar-refractivity contribution < 1.29 is 9.59 Å². The molecule has 1 aromatic carbocycles. The highest BCUT2D eigenvalue weighted by atomic mass is 16.2. The second-order valence-electron chi connectivity index (χ2n) is 8.26. The van der Waals surface area contributed by atoms with Gasteiger partial charge >= 0.3 is 0 Å². The fourth-order valence-electron chi connectivity index (χ4n) is 3.98. The van der Waals surface area contributed by atoms with Crippen LogP contribution >= 0.6 is 0 Å². The maximum absolute atomic E-state index is 13.0. The number of carbonyl (C=O) groups is 2. The van der Waals surface area contributed by atoms with E-state index in [1.165, 1.54) is 6.42 Å². The van der Waals surface area contributed by atoms with Gasteiger partial charge in [-0.15, -0.1) is 0 Å². The van der Waals surface area contributed by atoms with Crippen molar-refractivity contribution >= 4 is 17.3 Å². The Bertz CT molecular complexity index is 1080. The van der Waals surface area contributed by atoms with E-state index in [0.717, 1.165) is 49.2 Å². The molecule has 3 aromatic rings. The van der Waals surface area contributed by atoms with Gasteiger partial charge < -0.3 is 15.1 Å². The first-order valence-electron chi connectivity index (χ1n) is 10.8. The van der Waals surface area contributed by atoms with E-state index >= 15 is 0 Å². The van der Waals surface area contributed by atoms with Crippen LogP contribution in [0.5, 0.6) is 0 Å². The summed E-state index contributed by atoms with van der Waals surface area (Å²) in [4.78, 5) is 29.5. The molecule has 0 unspecified atom stereocenters. The molecule has 162 valence electrons. The minimum Gasteiger partial charge on any atom is -0.351 e. The smallest absolute Gasteiger partial charge is 0.257 e. The topological polar surface area (TPSA) is 70.0 Å². The Morgan fingerprint density at radius 1 is 1.06 bits per heavy atom. The molecule has 2 aromatic heterocycles. The number of likely N-dealkylation sites (tertiary alicyclic amines) is 1.